The lowest BCUT2D eigenvalue weighted by Crippen LogP contribution is -2.31. The largest absolute Gasteiger partial charge is 0.462 e. The van der Waals surface area contributed by atoms with Gasteiger partial charge in [0.25, 0.3) is 10.0 Å². The molecule has 0 spiro atoms. The Balaban J connectivity index is 2.44. The second-order valence-corrected chi connectivity index (χ2v) is 5.61. The van der Waals surface area contributed by atoms with Crippen molar-refractivity contribution in [3.63, 3.8) is 0 Å². The summed E-state index contributed by atoms with van der Waals surface area (Å²) in [4.78, 5) is 21.5. The molecule has 1 rings (SSSR count). The second-order valence-electron chi connectivity index (χ2n) is 3.93. The molecule has 0 saturated carbocycles. The second kappa shape index (κ2) is 8.13. The molecule has 7 nitrogen and oxygen atoms in total. The summed E-state index contributed by atoms with van der Waals surface area (Å²) in [6.07, 6.45) is 1.64. The van der Waals surface area contributed by atoms with Crippen molar-refractivity contribution in [1.82, 2.24) is 4.72 Å². The van der Waals surface area contributed by atoms with Gasteiger partial charge in [0, 0.05) is 6.92 Å². The van der Waals surface area contributed by atoms with Crippen LogP contribution in [0.2, 0.25) is 0 Å². The molecule has 22 heavy (non-hydrogen) atoms. The van der Waals surface area contributed by atoms with Crippen LogP contribution in [0.5, 0.6) is 0 Å². The summed E-state index contributed by atoms with van der Waals surface area (Å²) < 4.78 is 47.1. The van der Waals surface area contributed by atoms with Crippen LogP contribution in [0.25, 0.3) is 0 Å². The summed E-state index contributed by atoms with van der Waals surface area (Å²) in [6, 6.07) is 3.95. The van der Waals surface area contributed by atoms with Gasteiger partial charge < -0.3 is 9.47 Å². The zero-order valence-electron chi connectivity index (χ0n) is 11.6. The minimum absolute atomic E-state index is 0.0220. The van der Waals surface area contributed by atoms with E-state index in [1.54, 1.807) is 4.72 Å². The molecular formula is C13H14FNO6S. The van der Waals surface area contributed by atoms with E-state index in [9.17, 15) is 22.4 Å². The van der Waals surface area contributed by atoms with Crippen LogP contribution >= 0.6 is 0 Å². The van der Waals surface area contributed by atoms with Crippen LogP contribution in [-0.4, -0.2) is 33.7 Å². The van der Waals surface area contributed by atoms with Crippen molar-refractivity contribution in [2.45, 2.75) is 11.8 Å². The summed E-state index contributed by atoms with van der Waals surface area (Å²) >= 11 is 0. The number of amides is 1. The normalized spacial score (nSPS) is 11.2. The van der Waals surface area contributed by atoms with Crippen LogP contribution in [0.1, 0.15) is 6.92 Å². The van der Waals surface area contributed by atoms with E-state index in [0.29, 0.717) is 0 Å². The first-order valence-corrected chi connectivity index (χ1v) is 7.53. The van der Waals surface area contributed by atoms with Crippen molar-refractivity contribution >= 4 is 22.1 Å². The summed E-state index contributed by atoms with van der Waals surface area (Å²) in [6.45, 7) is 1.07. The van der Waals surface area contributed by atoms with Crippen LogP contribution in [0.4, 0.5) is 9.18 Å². The van der Waals surface area contributed by atoms with Crippen LogP contribution < -0.4 is 4.72 Å². The van der Waals surface area contributed by atoms with Crippen LogP contribution in [0, 0.1) is 5.82 Å². The molecule has 0 aliphatic carbocycles. The highest BCUT2D eigenvalue weighted by atomic mass is 32.2. The zero-order chi connectivity index (χ0) is 16.6. The summed E-state index contributed by atoms with van der Waals surface area (Å²) in [5.74, 6) is -1.05. The number of halogens is 1. The van der Waals surface area contributed by atoms with Crippen LogP contribution in [0.15, 0.2) is 41.3 Å². The lowest BCUT2D eigenvalue weighted by Gasteiger charge is -2.06. The van der Waals surface area contributed by atoms with Gasteiger partial charge in [-0.1, -0.05) is 0 Å². The van der Waals surface area contributed by atoms with E-state index in [4.69, 9.17) is 0 Å². The third-order valence-corrected chi connectivity index (χ3v) is 3.53. The molecule has 120 valence electrons. The first-order valence-electron chi connectivity index (χ1n) is 6.05. The number of benzene rings is 1. The standard InChI is InChI=1S/C13H14FNO6S/c1-10(16)20-8-2-3-9-21-13(17)15-22(18,19)12-6-4-11(14)5-7-12/h2-7H,8-9H2,1H3,(H,15,17)/b3-2-. The lowest BCUT2D eigenvalue weighted by atomic mass is 10.4. The first-order chi connectivity index (χ1) is 10.3. The average molecular weight is 331 g/mol. The van der Waals surface area contributed by atoms with E-state index in [1.165, 1.54) is 19.1 Å². The minimum atomic E-state index is -4.12. The maximum atomic E-state index is 12.7. The molecule has 0 fully saturated rings. The van der Waals surface area contributed by atoms with E-state index >= 15 is 0 Å². The molecule has 0 saturated heterocycles. The fourth-order valence-electron chi connectivity index (χ4n) is 1.24. The number of sulfonamides is 1. The molecule has 1 amide bonds. The van der Waals surface area contributed by atoms with Gasteiger partial charge in [-0.05, 0) is 36.4 Å². The van der Waals surface area contributed by atoms with Gasteiger partial charge in [0.1, 0.15) is 19.0 Å². The Kier molecular flexibility index (Phi) is 6.51. The van der Waals surface area contributed by atoms with Crippen LogP contribution in [0.3, 0.4) is 0 Å². The van der Waals surface area contributed by atoms with Crippen molar-refractivity contribution in [3.8, 4) is 0 Å². The maximum absolute atomic E-state index is 12.7. The lowest BCUT2D eigenvalue weighted by molar-refractivity contribution is -0.139. The van der Waals surface area contributed by atoms with Gasteiger partial charge in [0.15, 0.2) is 0 Å². The zero-order valence-corrected chi connectivity index (χ0v) is 12.4. The highest BCUT2D eigenvalue weighted by Crippen LogP contribution is 2.09. The molecule has 0 aliphatic heterocycles. The van der Waals surface area contributed by atoms with E-state index < -0.39 is 27.9 Å². The number of carbonyl (C=O) groups excluding carboxylic acids is 2. The Morgan fingerprint density at radius 1 is 1.14 bits per heavy atom. The molecule has 0 aromatic heterocycles. The quantitative estimate of drug-likeness (QED) is 0.624. The Hall–Kier alpha value is -2.42. The topological polar surface area (TPSA) is 98.8 Å². The fourth-order valence-corrected chi connectivity index (χ4v) is 2.13. The molecule has 1 aromatic carbocycles. The number of nitrogens with one attached hydrogen (secondary N) is 1. The van der Waals surface area contributed by atoms with Crippen molar-refractivity contribution in [1.29, 1.82) is 0 Å². The molecule has 0 radical (unpaired) electrons. The molecule has 0 heterocycles. The first kappa shape index (κ1) is 17.6. The highest BCUT2D eigenvalue weighted by Gasteiger charge is 2.18. The molecule has 0 atom stereocenters. The molecule has 9 heteroatoms. The minimum Gasteiger partial charge on any atom is -0.462 e. The van der Waals surface area contributed by atoms with Crippen LogP contribution in [-0.2, 0) is 24.3 Å². The summed E-state index contributed by atoms with van der Waals surface area (Å²) in [5.41, 5.74) is 0. The van der Waals surface area contributed by atoms with Crippen molar-refractivity contribution in [3.05, 3.63) is 42.2 Å². The smallest absolute Gasteiger partial charge is 0.421 e. The van der Waals surface area contributed by atoms with Gasteiger partial charge in [-0.3, -0.25) is 4.79 Å². The van der Waals surface area contributed by atoms with Gasteiger partial charge in [0.05, 0.1) is 4.90 Å². The van der Waals surface area contributed by atoms with E-state index in [0.717, 1.165) is 24.3 Å². The van der Waals surface area contributed by atoms with Crippen molar-refractivity contribution in [2.24, 2.45) is 0 Å². The Bertz CT molecular complexity index is 654. The molecule has 1 N–H and O–H groups in total. The predicted octanol–water partition coefficient (Wildman–Crippen LogP) is 1.36. The monoisotopic (exact) mass is 331 g/mol. The van der Waals surface area contributed by atoms with Gasteiger partial charge >= 0.3 is 12.1 Å². The molecule has 0 bridgehead atoms. The number of hydrogen-bond donors (Lipinski definition) is 1. The SMILES string of the molecule is CC(=O)OC/C=C\COC(=O)NS(=O)(=O)c1ccc(F)cc1. The molecule has 0 aliphatic rings. The number of ether oxygens (including phenoxy) is 2. The Morgan fingerprint density at radius 3 is 2.23 bits per heavy atom. The molecule has 1 aromatic rings. The van der Waals surface area contributed by atoms with E-state index in [-0.39, 0.29) is 18.1 Å². The third kappa shape index (κ3) is 6.35. The van der Waals surface area contributed by atoms with Gasteiger partial charge in [-0.25, -0.2) is 22.3 Å². The van der Waals surface area contributed by atoms with Gasteiger partial charge in [-0.2, -0.15) is 0 Å². The van der Waals surface area contributed by atoms with Gasteiger partial charge in [0.2, 0.25) is 0 Å². The summed E-state index contributed by atoms with van der Waals surface area (Å²) in [5, 5.41) is 0. The predicted molar refractivity (Wildman–Crippen MR) is 73.8 cm³/mol. The molecular weight excluding hydrogens is 317 g/mol. The van der Waals surface area contributed by atoms with E-state index in [2.05, 4.69) is 9.47 Å². The van der Waals surface area contributed by atoms with E-state index in [1.807, 2.05) is 0 Å². The third-order valence-electron chi connectivity index (χ3n) is 2.20. The van der Waals surface area contributed by atoms with Crippen molar-refractivity contribution in [2.75, 3.05) is 13.2 Å². The Morgan fingerprint density at radius 2 is 1.68 bits per heavy atom. The number of esters is 1. The number of rotatable bonds is 6. The Labute approximate surface area is 126 Å². The average Bonchev–Trinajstić information content (AvgIpc) is 2.42. The number of carbonyl (C=O) groups is 2. The highest BCUT2D eigenvalue weighted by molar-refractivity contribution is 7.90. The van der Waals surface area contributed by atoms with Crippen molar-refractivity contribution < 1.29 is 31.9 Å². The molecule has 0 unspecified atom stereocenters. The number of hydrogen-bond acceptors (Lipinski definition) is 6. The maximum Gasteiger partial charge on any atom is 0.421 e. The fraction of sp³-hybridized carbons (Fsp3) is 0.231. The summed E-state index contributed by atoms with van der Waals surface area (Å²) in [7, 11) is -4.12. The van der Waals surface area contributed by atoms with Gasteiger partial charge in [-0.15, -0.1) is 0 Å².